The van der Waals surface area contributed by atoms with E-state index >= 15 is 0 Å². The molecule has 1 rings (SSSR count). The van der Waals surface area contributed by atoms with E-state index in [0.717, 1.165) is 0 Å². The minimum atomic E-state index is -3.92. The quantitative estimate of drug-likeness (QED) is 0.458. The molecule has 1 aromatic rings. The van der Waals surface area contributed by atoms with Gasteiger partial charge in [0.25, 0.3) is 0 Å². The molecule has 0 saturated heterocycles. The third kappa shape index (κ3) is 13.3. The zero-order chi connectivity index (χ0) is 14.7. The van der Waals surface area contributed by atoms with Gasteiger partial charge >= 0.3 is 0 Å². The van der Waals surface area contributed by atoms with Crippen LogP contribution in [0.2, 0.25) is 0 Å². The number of aryl methyl sites for hydroxylation is 2. The maximum absolute atomic E-state index is 9.08. The van der Waals surface area contributed by atoms with Gasteiger partial charge in [-0.1, -0.05) is 32.3 Å². The highest BCUT2D eigenvalue weighted by Crippen LogP contribution is 2.02. The summed E-state index contributed by atoms with van der Waals surface area (Å²) in [6, 6.07) is 6.38. The second-order valence-corrected chi connectivity index (χ2v) is 6.06. The Labute approximate surface area is 117 Å². The van der Waals surface area contributed by atoms with E-state index in [-0.39, 0.29) is 0 Å². The second kappa shape index (κ2) is 9.92. The van der Waals surface area contributed by atoms with Crippen LogP contribution in [0.4, 0.5) is 0 Å². The summed E-state index contributed by atoms with van der Waals surface area (Å²) in [6.07, 6.45) is 9.58. The molecule has 0 unspecified atom stereocenters. The van der Waals surface area contributed by atoms with Gasteiger partial charge < -0.3 is 4.55 Å². The van der Waals surface area contributed by atoms with Gasteiger partial charge in [-0.3, -0.25) is 0 Å². The van der Waals surface area contributed by atoms with Gasteiger partial charge in [0.2, 0.25) is 0 Å². The van der Waals surface area contributed by atoms with Gasteiger partial charge in [0.05, 0.1) is 10.1 Å². The highest BCUT2D eigenvalue weighted by molar-refractivity contribution is 7.84. The lowest BCUT2D eigenvalue weighted by atomic mass is 10.1. The smallest absolute Gasteiger partial charge is 0.178 e. The van der Waals surface area contributed by atoms with Gasteiger partial charge in [-0.05, 0) is 6.42 Å². The predicted octanol–water partition coefficient (Wildman–Crippen LogP) is 2.41. The molecular weight excluding hydrogens is 262 g/mol. The molecule has 0 aliphatic carbocycles. The zero-order valence-corrected chi connectivity index (χ0v) is 12.9. The molecule has 19 heavy (non-hydrogen) atoms. The second-order valence-electron chi connectivity index (χ2n) is 4.65. The Kier molecular flexibility index (Phi) is 9.43. The number of hydrogen-bond donors (Lipinski definition) is 0. The van der Waals surface area contributed by atoms with Crippen molar-refractivity contribution in [3.05, 3.63) is 30.1 Å². The summed E-state index contributed by atoms with van der Waals surface area (Å²) in [5.74, 6) is 0. The summed E-state index contributed by atoms with van der Waals surface area (Å²) in [5.41, 5.74) is 1.36. The fourth-order valence-electron chi connectivity index (χ4n) is 1.70. The Balaban J connectivity index is 0.000000555. The van der Waals surface area contributed by atoms with Crippen LogP contribution in [0.5, 0.6) is 0 Å². The van der Waals surface area contributed by atoms with E-state index in [2.05, 4.69) is 42.8 Å². The normalized spacial score (nSPS) is 10.7. The summed E-state index contributed by atoms with van der Waals surface area (Å²) >= 11 is 0. The first kappa shape index (κ1) is 18.1. The van der Waals surface area contributed by atoms with Crippen LogP contribution in [0.1, 0.15) is 44.7 Å². The molecule has 110 valence electrons. The molecule has 0 atom stereocenters. The number of unbranched alkanes of at least 4 members (excludes halogenated alkanes) is 4. The minimum absolute atomic E-state index is 0.604. The Morgan fingerprint density at radius 2 is 1.74 bits per heavy atom. The van der Waals surface area contributed by atoms with Crippen molar-refractivity contribution in [1.29, 1.82) is 0 Å². The van der Waals surface area contributed by atoms with Crippen molar-refractivity contribution in [2.45, 2.75) is 52.5 Å². The van der Waals surface area contributed by atoms with Crippen molar-refractivity contribution < 1.29 is 17.5 Å². The molecule has 0 bridgehead atoms. The molecular formula is C14H25NO3S. The van der Waals surface area contributed by atoms with Crippen LogP contribution in [-0.2, 0) is 16.7 Å². The lowest BCUT2D eigenvalue weighted by molar-refractivity contribution is -0.703. The summed E-state index contributed by atoms with van der Waals surface area (Å²) in [5, 5.41) is 0. The van der Waals surface area contributed by atoms with Crippen LogP contribution >= 0.6 is 0 Å². The van der Waals surface area contributed by atoms with E-state index in [1.165, 1.54) is 44.3 Å². The van der Waals surface area contributed by atoms with Gasteiger partial charge in [-0.25, -0.2) is 13.0 Å². The molecule has 0 N–H and O–H groups in total. The number of hydrogen-bond acceptors (Lipinski definition) is 3. The maximum Gasteiger partial charge on any atom is 0.178 e. The Hall–Kier alpha value is -0.940. The molecule has 0 radical (unpaired) electrons. The van der Waals surface area contributed by atoms with Crippen molar-refractivity contribution in [3.63, 3.8) is 0 Å². The van der Waals surface area contributed by atoms with E-state index in [9.17, 15) is 0 Å². The monoisotopic (exact) mass is 287 g/mol. The predicted molar refractivity (Wildman–Crippen MR) is 75.8 cm³/mol. The molecule has 0 spiro atoms. The van der Waals surface area contributed by atoms with Gasteiger partial charge in [0.1, 0.15) is 6.54 Å². The summed E-state index contributed by atoms with van der Waals surface area (Å²) in [4.78, 5) is 0. The van der Waals surface area contributed by atoms with Crippen LogP contribution in [0.15, 0.2) is 24.4 Å². The van der Waals surface area contributed by atoms with Crippen LogP contribution in [0.25, 0.3) is 0 Å². The first-order valence-corrected chi connectivity index (χ1v) is 8.52. The molecule has 1 aromatic heterocycles. The van der Waals surface area contributed by atoms with Gasteiger partial charge in [0, 0.05) is 31.7 Å². The maximum atomic E-state index is 9.08. The topological polar surface area (TPSA) is 61.1 Å². The van der Waals surface area contributed by atoms with E-state index in [4.69, 9.17) is 13.0 Å². The van der Waals surface area contributed by atoms with Crippen molar-refractivity contribution in [3.8, 4) is 0 Å². The lowest BCUT2D eigenvalue weighted by Gasteiger charge is -2.00. The van der Waals surface area contributed by atoms with E-state index in [1.807, 2.05) is 0 Å². The average molecular weight is 287 g/mol. The highest BCUT2D eigenvalue weighted by Gasteiger charge is 2.02. The number of pyridine rings is 1. The van der Waals surface area contributed by atoms with Crippen LogP contribution in [0, 0.1) is 6.92 Å². The first-order valence-electron chi connectivity index (χ1n) is 6.70. The van der Waals surface area contributed by atoms with Gasteiger partial charge in [0.15, 0.2) is 11.9 Å². The SMILES string of the molecule is CCCCCCC[n+]1ccccc1C.CS(=O)(=O)[O-]. The third-order valence-electron chi connectivity index (χ3n) is 2.67. The van der Waals surface area contributed by atoms with Crippen molar-refractivity contribution in [2.75, 3.05) is 6.26 Å². The molecule has 0 amide bonds. The molecule has 0 aliphatic rings. The number of aromatic nitrogens is 1. The Morgan fingerprint density at radius 1 is 1.16 bits per heavy atom. The summed E-state index contributed by atoms with van der Waals surface area (Å²) in [6.45, 7) is 5.61. The highest BCUT2D eigenvalue weighted by atomic mass is 32.2. The van der Waals surface area contributed by atoms with Crippen molar-refractivity contribution in [1.82, 2.24) is 0 Å². The minimum Gasteiger partial charge on any atom is -0.748 e. The summed E-state index contributed by atoms with van der Waals surface area (Å²) < 4.78 is 29.6. The van der Waals surface area contributed by atoms with Crippen LogP contribution in [0.3, 0.4) is 0 Å². The van der Waals surface area contributed by atoms with Crippen molar-refractivity contribution in [2.24, 2.45) is 0 Å². The van der Waals surface area contributed by atoms with Crippen molar-refractivity contribution >= 4 is 10.1 Å². The fourth-order valence-corrected chi connectivity index (χ4v) is 1.70. The Morgan fingerprint density at radius 3 is 2.26 bits per heavy atom. The van der Waals surface area contributed by atoms with Crippen LogP contribution in [-0.4, -0.2) is 19.2 Å². The van der Waals surface area contributed by atoms with Gasteiger partial charge in [-0.2, -0.15) is 0 Å². The molecule has 0 aliphatic heterocycles. The molecule has 0 saturated carbocycles. The Bertz CT molecular complexity index is 436. The van der Waals surface area contributed by atoms with E-state index in [0.29, 0.717) is 6.26 Å². The number of nitrogens with zero attached hydrogens (tertiary/aromatic N) is 1. The molecule has 0 fully saturated rings. The van der Waals surface area contributed by atoms with E-state index < -0.39 is 10.1 Å². The van der Waals surface area contributed by atoms with Gasteiger partial charge in [-0.15, -0.1) is 0 Å². The zero-order valence-electron chi connectivity index (χ0n) is 12.1. The van der Waals surface area contributed by atoms with E-state index in [1.54, 1.807) is 0 Å². The standard InChI is InChI=1S/C13H22N.CH4O3S/c1-3-4-5-6-8-11-14-12-9-7-10-13(14)2;1-5(2,3)4/h7,9-10,12H,3-6,8,11H2,1-2H3;1H3,(H,2,3,4)/q+1;/p-1. The average Bonchev–Trinajstić information content (AvgIpc) is 2.29. The lowest BCUT2D eigenvalue weighted by Crippen LogP contribution is -2.36. The van der Waals surface area contributed by atoms with Crippen LogP contribution < -0.4 is 4.57 Å². The third-order valence-corrected chi connectivity index (χ3v) is 2.67. The summed E-state index contributed by atoms with van der Waals surface area (Å²) in [7, 11) is -3.92. The molecule has 5 heteroatoms. The molecule has 1 heterocycles. The fraction of sp³-hybridized carbons (Fsp3) is 0.643. The first-order chi connectivity index (χ1) is 8.84. The largest absolute Gasteiger partial charge is 0.748 e. The number of rotatable bonds is 6. The molecule has 0 aromatic carbocycles. The molecule has 4 nitrogen and oxygen atoms in total.